The van der Waals surface area contributed by atoms with E-state index in [9.17, 15) is 0 Å². The lowest BCUT2D eigenvalue weighted by Gasteiger charge is -2.11. The molecule has 3 aromatic heterocycles. The highest BCUT2D eigenvalue weighted by Gasteiger charge is 2.16. The van der Waals surface area contributed by atoms with Crippen molar-refractivity contribution in [2.45, 2.75) is 0 Å². The molecule has 3 heterocycles. The van der Waals surface area contributed by atoms with Crippen LogP contribution in [0.5, 0.6) is 0 Å². The van der Waals surface area contributed by atoms with Crippen LogP contribution in [-0.2, 0) is 0 Å². The zero-order chi connectivity index (χ0) is 31.6. The van der Waals surface area contributed by atoms with Crippen LogP contribution in [0.25, 0.3) is 92.3 Å². The molecule has 0 spiro atoms. The fourth-order valence-electron chi connectivity index (χ4n) is 6.70. The maximum Gasteiger partial charge on any atom is 0.160 e. The number of benzene rings is 7. The Balaban J connectivity index is 1.18. The highest BCUT2D eigenvalue weighted by Crippen LogP contribution is 2.38. The summed E-state index contributed by atoms with van der Waals surface area (Å²) < 4.78 is 2.54. The molecule has 7 aromatic carbocycles. The van der Waals surface area contributed by atoms with Crippen LogP contribution in [0.1, 0.15) is 0 Å². The van der Waals surface area contributed by atoms with Crippen molar-refractivity contribution in [2.24, 2.45) is 0 Å². The van der Waals surface area contributed by atoms with Gasteiger partial charge in [-0.2, -0.15) is 4.80 Å². The number of hydrogen-bond donors (Lipinski definition) is 0. The number of rotatable bonds is 4. The SMILES string of the molecule is c1ccc(-c2cc(-c3ccc4c(c3)sc3ccccc34)nc(-c3ccc4ccc5ccc6nn(-c7ccccc7)nc6c5c4c3)n2)cc1. The molecule has 10 aromatic rings. The maximum atomic E-state index is 5.21. The minimum Gasteiger partial charge on any atom is -0.228 e. The normalized spacial score (nSPS) is 11.8. The van der Waals surface area contributed by atoms with E-state index >= 15 is 0 Å². The fourth-order valence-corrected chi connectivity index (χ4v) is 7.84. The second kappa shape index (κ2) is 10.7. The summed E-state index contributed by atoms with van der Waals surface area (Å²) in [6.45, 7) is 0. The Morgan fingerprint density at radius 2 is 1.15 bits per heavy atom. The molecule has 0 atom stereocenters. The van der Waals surface area contributed by atoms with Gasteiger partial charge in [-0.25, -0.2) is 9.97 Å². The Bertz CT molecular complexity index is 2840. The molecule has 0 bridgehead atoms. The summed E-state index contributed by atoms with van der Waals surface area (Å²) in [7, 11) is 0. The van der Waals surface area contributed by atoms with Crippen LogP contribution in [0.3, 0.4) is 0 Å². The van der Waals surface area contributed by atoms with Crippen molar-refractivity contribution in [3.8, 4) is 39.6 Å². The summed E-state index contributed by atoms with van der Waals surface area (Å²) in [6, 6.07) is 52.8. The lowest BCUT2D eigenvalue weighted by molar-refractivity contribution is 0.766. The molecule has 0 N–H and O–H groups in total. The van der Waals surface area contributed by atoms with Gasteiger partial charge in [-0.05, 0) is 58.6 Å². The molecule has 5 nitrogen and oxygen atoms in total. The van der Waals surface area contributed by atoms with Gasteiger partial charge < -0.3 is 0 Å². The van der Waals surface area contributed by atoms with Gasteiger partial charge in [-0.1, -0.05) is 109 Å². The third-order valence-electron chi connectivity index (χ3n) is 9.07. The van der Waals surface area contributed by atoms with Gasteiger partial charge in [0.2, 0.25) is 0 Å². The van der Waals surface area contributed by atoms with Crippen molar-refractivity contribution in [3.63, 3.8) is 0 Å². The molecule has 6 heteroatoms. The van der Waals surface area contributed by atoms with Crippen LogP contribution in [0.15, 0.2) is 152 Å². The summed E-state index contributed by atoms with van der Waals surface area (Å²) in [5.74, 6) is 0.682. The van der Waals surface area contributed by atoms with E-state index in [1.165, 1.54) is 20.2 Å². The molecule has 10 rings (SSSR count). The van der Waals surface area contributed by atoms with E-state index in [-0.39, 0.29) is 0 Å². The van der Waals surface area contributed by atoms with Gasteiger partial charge in [0.05, 0.1) is 17.1 Å². The predicted octanol–water partition coefficient (Wildman–Crippen LogP) is 10.9. The Labute approximate surface area is 279 Å². The average Bonchev–Trinajstić information content (AvgIpc) is 3.77. The molecule has 0 fully saturated rings. The van der Waals surface area contributed by atoms with Crippen LogP contribution in [0, 0.1) is 0 Å². The van der Waals surface area contributed by atoms with Gasteiger partial charge in [-0.3, -0.25) is 0 Å². The first-order valence-corrected chi connectivity index (χ1v) is 16.7. The Morgan fingerprint density at radius 3 is 2.02 bits per heavy atom. The van der Waals surface area contributed by atoms with Crippen molar-refractivity contribution < 1.29 is 0 Å². The molecule has 0 saturated heterocycles. The monoisotopic (exact) mass is 631 g/mol. The highest BCUT2D eigenvalue weighted by molar-refractivity contribution is 7.25. The first kappa shape index (κ1) is 26.9. The fraction of sp³-hybridized carbons (Fsp3) is 0. The molecular formula is C42H25N5S. The topological polar surface area (TPSA) is 56.5 Å². The minimum absolute atomic E-state index is 0.682. The summed E-state index contributed by atoms with van der Waals surface area (Å²) in [6.07, 6.45) is 0. The molecule has 0 unspecified atom stereocenters. The summed E-state index contributed by atoms with van der Waals surface area (Å²) >= 11 is 1.82. The van der Waals surface area contributed by atoms with Crippen LogP contribution in [-0.4, -0.2) is 25.0 Å². The van der Waals surface area contributed by atoms with Crippen molar-refractivity contribution in [1.82, 2.24) is 25.0 Å². The standard InChI is InChI=1S/C42H25N5S/c1-3-9-27(10-4-1)36-25-37(29-19-21-33-32-13-7-8-14-38(32)48-39(33)24-29)44-42(43-36)30-18-16-26-15-17-28-20-22-35-41(40(28)34(26)23-30)46-47(45-35)31-11-5-2-6-12-31/h1-25H. The van der Waals surface area contributed by atoms with E-state index in [1.54, 1.807) is 4.80 Å². The number of thiophene rings is 1. The largest absolute Gasteiger partial charge is 0.228 e. The number of aromatic nitrogens is 5. The van der Waals surface area contributed by atoms with Crippen LogP contribution >= 0.6 is 11.3 Å². The van der Waals surface area contributed by atoms with Gasteiger partial charge in [0, 0.05) is 42.2 Å². The van der Waals surface area contributed by atoms with Crippen LogP contribution < -0.4 is 0 Å². The Kier molecular flexibility index (Phi) is 5.98. The summed E-state index contributed by atoms with van der Waals surface area (Å²) in [5, 5.41) is 16.8. The molecule has 0 aliphatic heterocycles. The Morgan fingerprint density at radius 1 is 0.458 bits per heavy atom. The molecule has 48 heavy (non-hydrogen) atoms. The maximum absolute atomic E-state index is 5.21. The summed E-state index contributed by atoms with van der Waals surface area (Å²) in [5.41, 5.74) is 7.50. The second-order valence-electron chi connectivity index (χ2n) is 12.0. The van der Waals surface area contributed by atoms with Crippen molar-refractivity contribution in [1.29, 1.82) is 0 Å². The molecule has 224 valence electrons. The first-order valence-electron chi connectivity index (χ1n) is 15.9. The van der Waals surface area contributed by atoms with Gasteiger partial charge >= 0.3 is 0 Å². The van der Waals surface area contributed by atoms with E-state index < -0.39 is 0 Å². The third kappa shape index (κ3) is 4.38. The first-order chi connectivity index (χ1) is 23.7. The molecule has 0 amide bonds. The number of nitrogens with zero attached hydrogens (tertiary/aromatic N) is 5. The lowest BCUT2D eigenvalue weighted by Crippen LogP contribution is -1.97. The number of para-hydroxylation sites is 1. The van der Waals surface area contributed by atoms with E-state index in [0.29, 0.717) is 5.82 Å². The molecule has 0 radical (unpaired) electrons. The van der Waals surface area contributed by atoms with Crippen molar-refractivity contribution in [2.75, 3.05) is 0 Å². The Hall–Kier alpha value is -6.24. The highest BCUT2D eigenvalue weighted by atomic mass is 32.1. The number of hydrogen-bond acceptors (Lipinski definition) is 5. The quantitative estimate of drug-likeness (QED) is 0.181. The summed E-state index contributed by atoms with van der Waals surface area (Å²) in [4.78, 5) is 12.1. The van der Waals surface area contributed by atoms with E-state index in [0.717, 1.165) is 66.3 Å². The minimum atomic E-state index is 0.682. The van der Waals surface area contributed by atoms with E-state index in [2.05, 4.69) is 109 Å². The van der Waals surface area contributed by atoms with Gasteiger partial charge in [-0.15, -0.1) is 21.5 Å². The van der Waals surface area contributed by atoms with E-state index in [4.69, 9.17) is 20.2 Å². The van der Waals surface area contributed by atoms with Crippen LogP contribution in [0.2, 0.25) is 0 Å². The molecule has 0 saturated carbocycles. The lowest BCUT2D eigenvalue weighted by atomic mass is 9.98. The molecular weight excluding hydrogens is 607 g/mol. The van der Waals surface area contributed by atoms with Crippen molar-refractivity contribution >= 4 is 64.1 Å². The van der Waals surface area contributed by atoms with Crippen molar-refractivity contribution in [3.05, 3.63) is 152 Å². The second-order valence-corrected chi connectivity index (χ2v) is 13.1. The average molecular weight is 632 g/mol. The molecule has 0 aliphatic rings. The van der Waals surface area contributed by atoms with Gasteiger partial charge in [0.1, 0.15) is 11.0 Å². The van der Waals surface area contributed by atoms with E-state index in [1.807, 2.05) is 53.8 Å². The predicted molar refractivity (Wildman–Crippen MR) is 199 cm³/mol. The van der Waals surface area contributed by atoms with Gasteiger partial charge in [0.15, 0.2) is 5.82 Å². The van der Waals surface area contributed by atoms with Crippen LogP contribution in [0.4, 0.5) is 0 Å². The smallest absolute Gasteiger partial charge is 0.160 e. The number of fused-ring (bicyclic) bond motifs is 8. The van der Waals surface area contributed by atoms with Gasteiger partial charge in [0.25, 0.3) is 0 Å². The zero-order valence-corrected chi connectivity index (χ0v) is 26.4. The zero-order valence-electron chi connectivity index (χ0n) is 25.6. The third-order valence-corrected chi connectivity index (χ3v) is 10.2. The molecule has 0 aliphatic carbocycles.